The minimum absolute atomic E-state index is 0.0519. The molecule has 0 radical (unpaired) electrons. The Morgan fingerprint density at radius 3 is 2.95 bits per heavy atom. The molecule has 0 bridgehead atoms. The number of pyridine rings is 1. The van der Waals surface area contributed by atoms with E-state index in [2.05, 4.69) is 4.98 Å². The van der Waals surface area contributed by atoms with Crippen molar-refractivity contribution < 1.29 is 9.90 Å². The van der Waals surface area contributed by atoms with Crippen LogP contribution in [0.25, 0.3) is 5.65 Å². The van der Waals surface area contributed by atoms with Gasteiger partial charge in [0.1, 0.15) is 5.65 Å². The number of hydrogen-bond donors (Lipinski definition) is 1. The lowest BCUT2D eigenvalue weighted by Gasteiger charge is -2.18. The van der Waals surface area contributed by atoms with Crippen LogP contribution in [0.4, 0.5) is 0 Å². The van der Waals surface area contributed by atoms with E-state index in [0.29, 0.717) is 24.4 Å². The molecule has 6 nitrogen and oxygen atoms in total. The van der Waals surface area contributed by atoms with Crippen LogP contribution < -0.4 is 5.56 Å². The molecule has 0 aromatic carbocycles. The number of carboxylic acids is 1. The molecule has 6 heteroatoms. The molecular formula is C14H17N3O3. The summed E-state index contributed by atoms with van der Waals surface area (Å²) in [7, 11) is 0. The summed E-state index contributed by atoms with van der Waals surface area (Å²) in [4.78, 5) is 28.9. The SMILES string of the molecule is CCCN(CC(=O)O)Cc1cc(=O)n2ccccc2n1. The van der Waals surface area contributed by atoms with E-state index in [1.807, 2.05) is 13.0 Å². The molecule has 1 N–H and O–H groups in total. The van der Waals surface area contributed by atoms with E-state index < -0.39 is 5.97 Å². The van der Waals surface area contributed by atoms with Crippen molar-refractivity contribution >= 4 is 11.6 Å². The van der Waals surface area contributed by atoms with E-state index in [1.165, 1.54) is 10.5 Å². The Hall–Kier alpha value is -2.21. The molecule has 0 saturated heterocycles. The van der Waals surface area contributed by atoms with E-state index in [4.69, 9.17) is 5.11 Å². The minimum atomic E-state index is -0.879. The number of carbonyl (C=O) groups is 1. The van der Waals surface area contributed by atoms with E-state index >= 15 is 0 Å². The fraction of sp³-hybridized carbons (Fsp3) is 0.357. The molecule has 0 aliphatic rings. The first-order chi connectivity index (χ1) is 9.60. The lowest BCUT2D eigenvalue weighted by atomic mass is 10.3. The Kier molecular flexibility index (Phi) is 4.47. The van der Waals surface area contributed by atoms with Crippen LogP contribution in [0.3, 0.4) is 0 Å². The number of rotatable bonds is 6. The summed E-state index contributed by atoms with van der Waals surface area (Å²) in [6, 6.07) is 6.79. The quantitative estimate of drug-likeness (QED) is 0.851. The van der Waals surface area contributed by atoms with Crippen molar-refractivity contribution in [2.24, 2.45) is 0 Å². The largest absolute Gasteiger partial charge is 0.480 e. The third kappa shape index (κ3) is 3.42. The highest BCUT2D eigenvalue weighted by atomic mass is 16.4. The summed E-state index contributed by atoms with van der Waals surface area (Å²) < 4.78 is 1.46. The van der Waals surface area contributed by atoms with Crippen LogP contribution in [0.15, 0.2) is 35.3 Å². The van der Waals surface area contributed by atoms with E-state index in [0.717, 1.165) is 6.42 Å². The van der Waals surface area contributed by atoms with Gasteiger partial charge in [0.25, 0.3) is 5.56 Å². The van der Waals surface area contributed by atoms with Crippen molar-refractivity contribution in [3.63, 3.8) is 0 Å². The third-order valence-corrected chi connectivity index (χ3v) is 2.91. The van der Waals surface area contributed by atoms with Crippen molar-refractivity contribution in [2.45, 2.75) is 19.9 Å². The highest BCUT2D eigenvalue weighted by Gasteiger charge is 2.11. The average molecular weight is 275 g/mol. The molecular weight excluding hydrogens is 258 g/mol. The molecule has 2 rings (SSSR count). The van der Waals surface area contributed by atoms with E-state index in [1.54, 1.807) is 23.2 Å². The first-order valence-electron chi connectivity index (χ1n) is 6.51. The molecule has 0 atom stereocenters. The van der Waals surface area contributed by atoms with Crippen molar-refractivity contribution in [1.82, 2.24) is 14.3 Å². The monoisotopic (exact) mass is 275 g/mol. The number of aliphatic carboxylic acids is 1. The van der Waals surface area contributed by atoms with Gasteiger partial charge in [0, 0.05) is 18.8 Å². The van der Waals surface area contributed by atoms with Crippen LogP contribution in [-0.4, -0.2) is 38.4 Å². The van der Waals surface area contributed by atoms with Crippen LogP contribution in [-0.2, 0) is 11.3 Å². The smallest absolute Gasteiger partial charge is 0.317 e. The standard InChI is InChI=1S/C14H17N3O3/c1-2-6-16(10-14(19)20)9-11-8-13(18)17-7-4-3-5-12(17)15-11/h3-5,7-8H,2,6,9-10H2,1H3,(H,19,20). The number of hydrogen-bond acceptors (Lipinski definition) is 4. The number of nitrogens with zero attached hydrogens (tertiary/aromatic N) is 3. The van der Waals surface area contributed by atoms with Crippen LogP contribution >= 0.6 is 0 Å². The highest BCUT2D eigenvalue weighted by molar-refractivity contribution is 5.69. The van der Waals surface area contributed by atoms with Crippen molar-refractivity contribution in [1.29, 1.82) is 0 Å². The molecule has 20 heavy (non-hydrogen) atoms. The topological polar surface area (TPSA) is 74.9 Å². The van der Waals surface area contributed by atoms with Crippen molar-refractivity contribution in [2.75, 3.05) is 13.1 Å². The zero-order valence-electron chi connectivity index (χ0n) is 11.3. The molecule has 0 fully saturated rings. The molecule has 2 heterocycles. The van der Waals surface area contributed by atoms with E-state index in [-0.39, 0.29) is 12.1 Å². The molecule has 0 spiro atoms. The van der Waals surface area contributed by atoms with Crippen LogP contribution in [0.5, 0.6) is 0 Å². The molecule has 106 valence electrons. The summed E-state index contributed by atoms with van der Waals surface area (Å²) in [5, 5.41) is 8.89. The van der Waals surface area contributed by atoms with Gasteiger partial charge in [0.15, 0.2) is 0 Å². The predicted molar refractivity (Wildman–Crippen MR) is 74.7 cm³/mol. The lowest BCUT2D eigenvalue weighted by molar-refractivity contribution is -0.138. The third-order valence-electron chi connectivity index (χ3n) is 2.91. The minimum Gasteiger partial charge on any atom is -0.480 e. The van der Waals surface area contributed by atoms with Gasteiger partial charge in [0.2, 0.25) is 0 Å². The van der Waals surface area contributed by atoms with Gasteiger partial charge in [-0.2, -0.15) is 0 Å². The van der Waals surface area contributed by atoms with E-state index in [9.17, 15) is 9.59 Å². The molecule has 0 unspecified atom stereocenters. The van der Waals surface area contributed by atoms with Gasteiger partial charge >= 0.3 is 5.97 Å². The Bertz CT molecular complexity index is 666. The van der Waals surface area contributed by atoms with Crippen molar-refractivity contribution in [3.8, 4) is 0 Å². The normalized spacial score (nSPS) is 11.1. The van der Waals surface area contributed by atoms with Crippen molar-refractivity contribution in [3.05, 3.63) is 46.5 Å². The molecule has 0 aliphatic heterocycles. The molecule has 2 aromatic rings. The van der Waals surface area contributed by atoms with Gasteiger partial charge in [-0.1, -0.05) is 13.0 Å². The maximum absolute atomic E-state index is 11.9. The maximum atomic E-state index is 11.9. The highest BCUT2D eigenvalue weighted by Crippen LogP contribution is 2.03. The number of carboxylic acid groups (broad SMARTS) is 1. The van der Waals surface area contributed by atoms with Gasteiger partial charge in [-0.05, 0) is 25.1 Å². The van der Waals surface area contributed by atoms with Crippen LogP contribution in [0.1, 0.15) is 19.0 Å². The summed E-state index contributed by atoms with van der Waals surface area (Å²) in [5.41, 5.74) is 1.01. The lowest BCUT2D eigenvalue weighted by Crippen LogP contribution is -2.31. The van der Waals surface area contributed by atoms with Gasteiger partial charge in [-0.15, -0.1) is 0 Å². The average Bonchev–Trinajstić information content (AvgIpc) is 2.38. The molecule has 0 amide bonds. The van der Waals surface area contributed by atoms with Crippen LogP contribution in [0, 0.1) is 0 Å². The second kappa shape index (κ2) is 6.29. The second-order valence-electron chi connectivity index (χ2n) is 4.62. The first kappa shape index (κ1) is 14.2. The Morgan fingerprint density at radius 1 is 1.45 bits per heavy atom. The summed E-state index contributed by atoms with van der Waals surface area (Å²) in [6.07, 6.45) is 2.51. The zero-order chi connectivity index (χ0) is 14.5. The van der Waals surface area contributed by atoms with Gasteiger partial charge < -0.3 is 5.11 Å². The molecule has 0 saturated carbocycles. The van der Waals surface area contributed by atoms with Gasteiger partial charge in [0.05, 0.1) is 12.2 Å². The summed E-state index contributed by atoms with van der Waals surface area (Å²) in [5.74, 6) is -0.879. The Labute approximate surface area is 116 Å². The second-order valence-corrected chi connectivity index (χ2v) is 4.62. The predicted octanol–water partition coefficient (Wildman–Crippen LogP) is 0.991. The maximum Gasteiger partial charge on any atom is 0.317 e. The van der Waals surface area contributed by atoms with Gasteiger partial charge in [-0.25, -0.2) is 4.98 Å². The van der Waals surface area contributed by atoms with Gasteiger partial charge in [-0.3, -0.25) is 18.9 Å². The summed E-state index contributed by atoms with van der Waals surface area (Å²) in [6.45, 7) is 2.95. The number of fused-ring (bicyclic) bond motifs is 1. The fourth-order valence-electron chi connectivity index (χ4n) is 2.13. The molecule has 2 aromatic heterocycles. The fourth-order valence-corrected chi connectivity index (χ4v) is 2.13. The Morgan fingerprint density at radius 2 is 2.25 bits per heavy atom. The molecule has 0 aliphatic carbocycles. The first-order valence-corrected chi connectivity index (χ1v) is 6.51. The number of aromatic nitrogens is 2. The zero-order valence-corrected chi connectivity index (χ0v) is 11.3. The van der Waals surface area contributed by atoms with Crippen LogP contribution in [0.2, 0.25) is 0 Å². The summed E-state index contributed by atoms with van der Waals surface area (Å²) >= 11 is 0. The Balaban J connectivity index is 2.27.